The Kier molecular flexibility index (Phi) is 3.86. The first-order chi connectivity index (χ1) is 4.80. The van der Waals surface area contributed by atoms with Gasteiger partial charge in [-0.25, -0.2) is 0 Å². The molecule has 0 aliphatic heterocycles. The van der Waals surface area contributed by atoms with Gasteiger partial charge in [0.25, 0.3) is 0 Å². The first-order valence-electron chi connectivity index (χ1n) is 4.16. The van der Waals surface area contributed by atoms with Crippen molar-refractivity contribution in [2.45, 2.75) is 45.6 Å². The van der Waals surface area contributed by atoms with Crippen molar-refractivity contribution in [2.24, 2.45) is 11.8 Å². The van der Waals surface area contributed by atoms with Crippen LogP contribution in [-0.4, -0.2) is 16.1 Å². The smallest absolute Gasteiger partial charge is 0.0807 e. The summed E-state index contributed by atoms with van der Waals surface area (Å²) in [5, 5.41) is 9.73. The summed E-state index contributed by atoms with van der Waals surface area (Å²) in [6.45, 7) is 9.81. The van der Waals surface area contributed by atoms with Crippen LogP contribution in [0.4, 0.5) is 0 Å². The molecule has 0 aromatic carbocycles. The molecular weight excluding hydrogens is 160 g/mol. The molecule has 2 atom stereocenters. The van der Waals surface area contributed by atoms with Gasteiger partial charge in [0, 0.05) is 0 Å². The fourth-order valence-electron chi connectivity index (χ4n) is 0.993. The van der Waals surface area contributed by atoms with Crippen molar-refractivity contribution in [3.63, 3.8) is 0 Å². The maximum Gasteiger partial charge on any atom is 0.0807 e. The standard InChI is InChI=1S/C9H19ClO/c1-6(2)8(10)9(5,11)7(3)4/h6-8,11H,1-5H3. The number of hydrogen-bond acceptors (Lipinski definition) is 1. The summed E-state index contributed by atoms with van der Waals surface area (Å²) in [5.74, 6) is 0.515. The van der Waals surface area contributed by atoms with Crippen LogP contribution in [0, 0.1) is 11.8 Å². The SMILES string of the molecule is CC(C)C(Cl)C(C)(O)C(C)C. The first kappa shape index (κ1) is 11.2. The van der Waals surface area contributed by atoms with Gasteiger partial charge in [0.2, 0.25) is 0 Å². The van der Waals surface area contributed by atoms with E-state index >= 15 is 0 Å². The highest BCUT2D eigenvalue weighted by atomic mass is 35.5. The number of halogens is 1. The van der Waals surface area contributed by atoms with E-state index in [-0.39, 0.29) is 11.3 Å². The Balaban J connectivity index is 4.29. The topological polar surface area (TPSA) is 20.2 Å². The maximum atomic E-state index is 9.90. The van der Waals surface area contributed by atoms with E-state index in [4.69, 9.17) is 11.6 Å². The molecule has 1 N–H and O–H groups in total. The average Bonchev–Trinajstić information content (AvgIpc) is 1.85. The molecule has 0 rings (SSSR count). The Morgan fingerprint density at radius 1 is 1.18 bits per heavy atom. The summed E-state index contributed by atoms with van der Waals surface area (Å²) in [6.07, 6.45) is 0. The van der Waals surface area contributed by atoms with Crippen molar-refractivity contribution in [2.75, 3.05) is 0 Å². The van der Waals surface area contributed by atoms with E-state index in [1.807, 2.05) is 27.7 Å². The second-order valence-electron chi connectivity index (χ2n) is 4.03. The fourth-order valence-corrected chi connectivity index (χ4v) is 1.25. The molecule has 2 unspecified atom stereocenters. The zero-order chi connectivity index (χ0) is 9.23. The zero-order valence-electron chi connectivity index (χ0n) is 8.06. The summed E-state index contributed by atoms with van der Waals surface area (Å²) in [5.41, 5.74) is -0.754. The molecule has 11 heavy (non-hydrogen) atoms. The van der Waals surface area contributed by atoms with E-state index in [0.29, 0.717) is 5.92 Å². The van der Waals surface area contributed by atoms with E-state index in [1.165, 1.54) is 0 Å². The van der Waals surface area contributed by atoms with E-state index in [0.717, 1.165) is 0 Å². The minimum Gasteiger partial charge on any atom is -0.388 e. The van der Waals surface area contributed by atoms with Crippen LogP contribution >= 0.6 is 11.6 Å². The molecule has 0 saturated carbocycles. The summed E-state index contributed by atoms with van der Waals surface area (Å²) < 4.78 is 0. The van der Waals surface area contributed by atoms with Crippen LogP contribution in [-0.2, 0) is 0 Å². The van der Waals surface area contributed by atoms with Gasteiger partial charge in [0.15, 0.2) is 0 Å². The summed E-state index contributed by atoms with van der Waals surface area (Å²) in [6, 6.07) is 0. The van der Waals surface area contributed by atoms with Crippen LogP contribution in [0.1, 0.15) is 34.6 Å². The van der Waals surface area contributed by atoms with Crippen molar-refractivity contribution in [1.82, 2.24) is 0 Å². The van der Waals surface area contributed by atoms with Crippen molar-refractivity contribution < 1.29 is 5.11 Å². The third-order valence-electron chi connectivity index (χ3n) is 2.31. The number of alkyl halides is 1. The third kappa shape index (κ3) is 2.64. The molecule has 0 aliphatic carbocycles. The molecule has 0 spiro atoms. The lowest BCUT2D eigenvalue weighted by Gasteiger charge is -2.34. The largest absolute Gasteiger partial charge is 0.388 e. The van der Waals surface area contributed by atoms with E-state index in [9.17, 15) is 5.11 Å². The van der Waals surface area contributed by atoms with Crippen molar-refractivity contribution in [1.29, 1.82) is 0 Å². The van der Waals surface area contributed by atoms with Gasteiger partial charge in [-0.05, 0) is 18.8 Å². The van der Waals surface area contributed by atoms with Gasteiger partial charge in [0.1, 0.15) is 0 Å². The monoisotopic (exact) mass is 178 g/mol. The summed E-state index contributed by atoms with van der Waals surface area (Å²) >= 11 is 6.05. The molecule has 0 bridgehead atoms. The molecule has 0 aliphatic rings. The molecule has 1 nitrogen and oxygen atoms in total. The van der Waals surface area contributed by atoms with Gasteiger partial charge >= 0.3 is 0 Å². The minimum atomic E-state index is -0.754. The lowest BCUT2D eigenvalue weighted by Crippen LogP contribution is -2.43. The van der Waals surface area contributed by atoms with Gasteiger partial charge in [0.05, 0.1) is 11.0 Å². The second kappa shape index (κ2) is 3.77. The lowest BCUT2D eigenvalue weighted by molar-refractivity contribution is -0.000969. The second-order valence-corrected chi connectivity index (χ2v) is 4.50. The molecular formula is C9H19ClO. The molecule has 68 valence electrons. The Morgan fingerprint density at radius 3 is 1.64 bits per heavy atom. The predicted molar refractivity (Wildman–Crippen MR) is 49.9 cm³/mol. The fraction of sp³-hybridized carbons (Fsp3) is 1.00. The number of aliphatic hydroxyl groups is 1. The summed E-state index contributed by atoms with van der Waals surface area (Å²) in [4.78, 5) is 0. The normalized spacial score (nSPS) is 20.5. The van der Waals surface area contributed by atoms with Crippen LogP contribution in [0.15, 0.2) is 0 Å². The van der Waals surface area contributed by atoms with E-state index < -0.39 is 5.60 Å². The van der Waals surface area contributed by atoms with Crippen LogP contribution in [0.3, 0.4) is 0 Å². The highest BCUT2D eigenvalue weighted by Gasteiger charge is 2.35. The highest BCUT2D eigenvalue weighted by molar-refractivity contribution is 6.21. The van der Waals surface area contributed by atoms with Gasteiger partial charge < -0.3 is 5.11 Å². The molecule has 0 aromatic heterocycles. The van der Waals surface area contributed by atoms with Crippen LogP contribution in [0.25, 0.3) is 0 Å². The number of rotatable bonds is 3. The maximum absolute atomic E-state index is 9.90. The predicted octanol–water partition coefficient (Wildman–Crippen LogP) is 2.66. The molecule has 2 heteroatoms. The quantitative estimate of drug-likeness (QED) is 0.659. The highest BCUT2D eigenvalue weighted by Crippen LogP contribution is 2.29. The van der Waals surface area contributed by atoms with E-state index in [2.05, 4.69) is 0 Å². The average molecular weight is 179 g/mol. The van der Waals surface area contributed by atoms with Crippen LogP contribution in [0.5, 0.6) is 0 Å². The van der Waals surface area contributed by atoms with Crippen molar-refractivity contribution in [3.8, 4) is 0 Å². The third-order valence-corrected chi connectivity index (χ3v) is 3.26. The molecule has 0 heterocycles. The molecule has 0 radical (unpaired) electrons. The lowest BCUT2D eigenvalue weighted by atomic mass is 9.84. The molecule has 0 aromatic rings. The molecule has 0 amide bonds. The Labute approximate surface area is 74.8 Å². The van der Waals surface area contributed by atoms with E-state index in [1.54, 1.807) is 6.92 Å². The minimum absolute atomic E-state index is 0.164. The summed E-state index contributed by atoms with van der Waals surface area (Å²) in [7, 11) is 0. The molecule has 0 fully saturated rings. The van der Waals surface area contributed by atoms with Gasteiger partial charge in [-0.15, -0.1) is 11.6 Å². The zero-order valence-corrected chi connectivity index (χ0v) is 8.81. The first-order valence-corrected chi connectivity index (χ1v) is 4.60. The molecule has 0 saturated heterocycles. The Hall–Kier alpha value is 0.250. The van der Waals surface area contributed by atoms with Crippen molar-refractivity contribution >= 4 is 11.6 Å². The van der Waals surface area contributed by atoms with Crippen LogP contribution < -0.4 is 0 Å². The number of hydrogen-bond donors (Lipinski definition) is 1. The van der Waals surface area contributed by atoms with Gasteiger partial charge in [-0.3, -0.25) is 0 Å². The Bertz CT molecular complexity index is 119. The Morgan fingerprint density at radius 2 is 1.55 bits per heavy atom. The van der Waals surface area contributed by atoms with Crippen LogP contribution in [0.2, 0.25) is 0 Å². The van der Waals surface area contributed by atoms with Gasteiger partial charge in [-0.2, -0.15) is 0 Å². The van der Waals surface area contributed by atoms with Crippen molar-refractivity contribution in [3.05, 3.63) is 0 Å². The van der Waals surface area contributed by atoms with Gasteiger partial charge in [-0.1, -0.05) is 27.7 Å².